The molecular formula is C12H18N4O2S2. The van der Waals surface area contributed by atoms with Gasteiger partial charge in [0.15, 0.2) is 20.6 Å². The van der Waals surface area contributed by atoms with Crippen molar-refractivity contribution in [3.63, 3.8) is 0 Å². The normalized spacial score (nSPS) is 19.4. The minimum absolute atomic E-state index is 0.209. The fourth-order valence-electron chi connectivity index (χ4n) is 2.59. The number of nitrogens with two attached hydrogens (primary N) is 1. The highest BCUT2D eigenvalue weighted by Crippen LogP contribution is 2.26. The van der Waals surface area contributed by atoms with Crippen LogP contribution in [0.4, 0.5) is 5.82 Å². The fraction of sp³-hybridized carbons (Fsp3) is 0.583. The average molecular weight is 314 g/mol. The number of sulfone groups is 1. The van der Waals surface area contributed by atoms with E-state index < -0.39 is 9.84 Å². The molecule has 0 spiro atoms. The minimum Gasteiger partial charge on any atom is -0.354 e. The van der Waals surface area contributed by atoms with E-state index in [1.807, 2.05) is 11.6 Å². The molecule has 20 heavy (non-hydrogen) atoms. The summed E-state index contributed by atoms with van der Waals surface area (Å²) in [5, 5.41) is 2.00. The van der Waals surface area contributed by atoms with Crippen LogP contribution in [-0.4, -0.2) is 48.9 Å². The first kappa shape index (κ1) is 13.8. The lowest BCUT2D eigenvalue weighted by molar-refractivity contribution is 0.597. The van der Waals surface area contributed by atoms with Gasteiger partial charge in [-0.05, 0) is 13.0 Å². The molecular weight excluding hydrogens is 296 g/mol. The highest BCUT2D eigenvalue weighted by Gasteiger charge is 2.23. The van der Waals surface area contributed by atoms with Gasteiger partial charge in [0.2, 0.25) is 0 Å². The van der Waals surface area contributed by atoms with Crippen LogP contribution >= 0.6 is 11.3 Å². The molecule has 1 fully saturated rings. The second kappa shape index (κ2) is 5.34. The molecule has 3 rings (SSSR count). The monoisotopic (exact) mass is 314 g/mol. The van der Waals surface area contributed by atoms with E-state index in [4.69, 9.17) is 5.73 Å². The average Bonchev–Trinajstić information content (AvgIpc) is 2.91. The largest absolute Gasteiger partial charge is 0.354 e. The lowest BCUT2D eigenvalue weighted by atomic mass is 10.3. The molecule has 1 aliphatic heterocycles. The fourth-order valence-corrected chi connectivity index (χ4v) is 4.59. The Labute approximate surface area is 122 Å². The van der Waals surface area contributed by atoms with Gasteiger partial charge in [-0.25, -0.2) is 13.4 Å². The molecule has 8 heteroatoms. The SMILES string of the molecule is NCCc1c(N2CCCS(=O)(=O)CC2)nc2sccn12. The van der Waals surface area contributed by atoms with Crippen molar-refractivity contribution in [2.45, 2.75) is 12.8 Å². The molecule has 2 aromatic rings. The summed E-state index contributed by atoms with van der Waals surface area (Å²) in [4.78, 5) is 7.69. The van der Waals surface area contributed by atoms with Crippen molar-refractivity contribution in [3.8, 4) is 0 Å². The number of hydrogen-bond acceptors (Lipinski definition) is 6. The van der Waals surface area contributed by atoms with E-state index in [2.05, 4.69) is 14.3 Å². The van der Waals surface area contributed by atoms with Gasteiger partial charge in [-0.3, -0.25) is 4.40 Å². The van der Waals surface area contributed by atoms with Gasteiger partial charge in [0, 0.05) is 31.1 Å². The molecule has 0 atom stereocenters. The quantitative estimate of drug-likeness (QED) is 0.893. The predicted octanol–water partition coefficient (Wildman–Crippen LogP) is 0.522. The first-order valence-corrected chi connectivity index (χ1v) is 9.41. The molecule has 2 aromatic heterocycles. The topological polar surface area (TPSA) is 80.7 Å². The van der Waals surface area contributed by atoms with Gasteiger partial charge < -0.3 is 10.6 Å². The third kappa shape index (κ3) is 2.55. The van der Waals surface area contributed by atoms with Gasteiger partial charge in [-0.1, -0.05) is 0 Å². The van der Waals surface area contributed by atoms with E-state index in [9.17, 15) is 8.42 Å². The minimum atomic E-state index is -2.90. The zero-order chi connectivity index (χ0) is 14.2. The Morgan fingerprint density at radius 1 is 1.35 bits per heavy atom. The summed E-state index contributed by atoms with van der Waals surface area (Å²) in [7, 11) is -2.90. The highest BCUT2D eigenvalue weighted by atomic mass is 32.2. The molecule has 0 amide bonds. The summed E-state index contributed by atoms with van der Waals surface area (Å²) in [5.74, 6) is 1.39. The van der Waals surface area contributed by atoms with E-state index in [0.717, 1.165) is 29.4 Å². The second-order valence-corrected chi connectivity index (χ2v) is 8.15. The molecule has 0 unspecified atom stereocenters. The third-order valence-corrected chi connectivity index (χ3v) is 6.05. The van der Waals surface area contributed by atoms with E-state index in [-0.39, 0.29) is 11.5 Å². The van der Waals surface area contributed by atoms with Crippen molar-refractivity contribution in [3.05, 3.63) is 17.3 Å². The Morgan fingerprint density at radius 2 is 2.20 bits per heavy atom. The Hall–Kier alpha value is -1.12. The van der Waals surface area contributed by atoms with Crippen LogP contribution in [0.15, 0.2) is 11.6 Å². The number of rotatable bonds is 3. The van der Waals surface area contributed by atoms with Crippen molar-refractivity contribution in [1.29, 1.82) is 0 Å². The van der Waals surface area contributed by atoms with Crippen LogP contribution in [0.25, 0.3) is 4.96 Å². The summed E-state index contributed by atoms with van der Waals surface area (Å²) in [5.41, 5.74) is 6.79. The van der Waals surface area contributed by atoms with E-state index in [1.165, 1.54) is 0 Å². The second-order valence-electron chi connectivity index (χ2n) is 4.97. The number of anilines is 1. The van der Waals surface area contributed by atoms with Gasteiger partial charge >= 0.3 is 0 Å². The summed E-state index contributed by atoms with van der Waals surface area (Å²) in [6.45, 7) is 1.81. The van der Waals surface area contributed by atoms with Gasteiger partial charge in [0.05, 0.1) is 17.2 Å². The molecule has 0 bridgehead atoms. The number of aromatic nitrogens is 2. The Morgan fingerprint density at radius 3 is 3.00 bits per heavy atom. The molecule has 6 nitrogen and oxygen atoms in total. The Balaban J connectivity index is 1.96. The molecule has 0 saturated carbocycles. The van der Waals surface area contributed by atoms with Gasteiger partial charge in [0.1, 0.15) is 0 Å². The van der Waals surface area contributed by atoms with E-state index >= 15 is 0 Å². The van der Waals surface area contributed by atoms with E-state index in [0.29, 0.717) is 19.5 Å². The maximum Gasteiger partial charge on any atom is 0.195 e. The van der Waals surface area contributed by atoms with Crippen molar-refractivity contribution >= 4 is 32.0 Å². The van der Waals surface area contributed by atoms with Crippen LogP contribution in [0.3, 0.4) is 0 Å². The van der Waals surface area contributed by atoms with Crippen LogP contribution in [0, 0.1) is 0 Å². The first-order valence-electron chi connectivity index (χ1n) is 6.70. The number of nitrogens with zero attached hydrogens (tertiary/aromatic N) is 3. The maximum atomic E-state index is 11.7. The Kier molecular flexibility index (Phi) is 3.70. The number of fused-ring (bicyclic) bond motifs is 1. The van der Waals surface area contributed by atoms with Crippen LogP contribution in [0.5, 0.6) is 0 Å². The smallest absolute Gasteiger partial charge is 0.195 e. The molecule has 1 aliphatic rings. The summed E-state index contributed by atoms with van der Waals surface area (Å²) in [6, 6.07) is 0. The van der Waals surface area contributed by atoms with Crippen molar-refractivity contribution in [2.24, 2.45) is 5.73 Å². The van der Waals surface area contributed by atoms with Crippen LogP contribution in [0.2, 0.25) is 0 Å². The molecule has 0 radical (unpaired) electrons. The zero-order valence-corrected chi connectivity index (χ0v) is 12.8. The van der Waals surface area contributed by atoms with Crippen molar-refractivity contribution < 1.29 is 8.42 Å². The predicted molar refractivity (Wildman–Crippen MR) is 81.3 cm³/mol. The maximum absolute atomic E-state index is 11.7. The van der Waals surface area contributed by atoms with Gasteiger partial charge in [0.25, 0.3) is 0 Å². The molecule has 3 heterocycles. The molecule has 0 aromatic carbocycles. The van der Waals surface area contributed by atoms with Crippen LogP contribution in [-0.2, 0) is 16.3 Å². The van der Waals surface area contributed by atoms with Crippen LogP contribution in [0.1, 0.15) is 12.1 Å². The molecule has 1 saturated heterocycles. The standard InChI is InChI=1S/C12H18N4O2S2/c13-3-2-10-11(14-12-16(10)5-7-19-12)15-4-1-8-20(17,18)9-6-15/h5,7H,1-4,6,8-9,13H2. The first-order chi connectivity index (χ1) is 9.61. The van der Waals surface area contributed by atoms with Gasteiger partial charge in [-0.2, -0.15) is 0 Å². The number of thiazole rings is 1. The zero-order valence-electron chi connectivity index (χ0n) is 11.2. The lowest BCUT2D eigenvalue weighted by Crippen LogP contribution is -2.28. The van der Waals surface area contributed by atoms with Crippen LogP contribution < -0.4 is 10.6 Å². The number of hydrogen-bond donors (Lipinski definition) is 1. The highest BCUT2D eigenvalue weighted by molar-refractivity contribution is 7.91. The van der Waals surface area contributed by atoms with E-state index in [1.54, 1.807) is 11.3 Å². The summed E-state index contributed by atoms with van der Waals surface area (Å²) >= 11 is 1.58. The third-order valence-electron chi connectivity index (χ3n) is 3.58. The van der Waals surface area contributed by atoms with Gasteiger partial charge in [-0.15, -0.1) is 11.3 Å². The molecule has 110 valence electrons. The summed E-state index contributed by atoms with van der Waals surface area (Å²) < 4.78 is 25.5. The molecule has 0 aliphatic carbocycles. The van der Waals surface area contributed by atoms with Crippen molar-refractivity contribution in [1.82, 2.24) is 9.38 Å². The number of imidazole rings is 1. The molecule has 2 N–H and O–H groups in total. The lowest BCUT2D eigenvalue weighted by Gasteiger charge is -2.20. The van der Waals surface area contributed by atoms with Crippen molar-refractivity contribution in [2.75, 3.05) is 36.0 Å². The Bertz CT molecular complexity index is 704. The summed E-state index contributed by atoms with van der Waals surface area (Å²) in [6.07, 6.45) is 3.40.